The second kappa shape index (κ2) is 6.43. The minimum Gasteiger partial charge on any atom is -0.465 e. The second-order valence-electron chi connectivity index (χ2n) is 4.05. The van der Waals surface area contributed by atoms with Crippen molar-refractivity contribution in [2.24, 2.45) is 0 Å². The van der Waals surface area contributed by atoms with Gasteiger partial charge in [-0.05, 0) is 35.9 Å². The van der Waals surface area contributed by atoms with Crippen LogP contribution < -0.4 is 0 Å². The molecule has 4 nitrogen and oxygen atoms in total. The first-order valence-corrected chi connectivity index (χ1v) is 6.01. The van der Waals surface area contributed by atoms with Crippen LogP contribution in [0.3, 0.4) is 0 Å². The number of allylic oxidation sites excluding steroid dienone is 1. The van der Waals surface area contributed by atoms with Gasteiger partial charge in [0.25, 0.3) is 0 Å². The van der Waals surface area contributed by atoms with E-state index in [0.717, 1.165) is 5.56 Å². The summed E-state index contributed by atoms with van der Waals surface area (Å²) in [5, 5.41) is 0. The van der Waals surface area contributed by atoms with Gasteiger partial charge in [0.05, 0.1) is 12.7 Å². The van der Waals surface area contributed by atoms with Crippen LogP contribution in [-0.4, -0.2) is 23.8 Å². The molecular formula is C16H13NO3. The van der Waals surface area contributed by atoms with Gasteiger partial charge >= 0.3 is 5.97 Å². The van der Waals surface area contributed by atoms with Gasteiger partial charge in [-0.1, -0.05) is 18.2 Å². The normalized spacial score (nSPS) is 10.4. The molecule has 0 bridgehead atoms. The fourth-order valence-corrected chi connectivity index (χ4v) is 1.62. The fourth-order valence-electron chi connectivity index (χ4n) is 1.62. The average molecular weight is 267 g/mol. The molecule has 20 heavy (non-hydrogen) atoms. The predicted molar refractivity (Wildman–Crippen MR) is 75.4 cm³/mol. The van der Waals surface area contributed by atoms with Gasteiger partial charge in [-0.25, -0.2) is 4.79 Å². The smallest absolute Gasteiger partial charge is 0.337 e. The molecule has 0 amide bonds. The van der Waals surface area contributed by atoms with Crippen molar-refractivity contribution in [2.75, 3.05) is 7.11 Å². The summed E-state index contributed by atoms with van der Waals surface area (Å²) in [6.45, 7) is 0. The van der Waals surface area contributed by atoms with Crippen LogP contribution in [0.2, 0.25) is 0 Å². The van der Waals surface area contributed by atoms with Crippen molar-refractivity contribution in [1.82, 2.24) is 4.98 Å². The third kappa shape index (κ3) is 3.38. The molecule has 0 aliphatic rings. The fraction of sp³-hybridized carbons (Fsp3) is 0.0625. The molecule has 1 aromatic heterocycles. The second-order valence-corrected chi connectivity index (χ2v) is 4.05. The lowest BCUT2D eigenvalue weighted by Gasteiger charge is -1.99. The largest absolute Gasteiger partial charge is 0.465 e. The number of hydrogen-bond acceptors (Lipinski definition) is 4. The topological polar surface area (TPSA) is 56.3 Å². The molecular weight excluding hydrogens is 254 g/mol. The average Bonchev–Trinajstić information content (AvgIpc) is 2.53. The van der Waals surface area contributed by atoms with Crippen LogP contribution in [0, 0.1) is 0 Å². The van der Waals surface area contributed by atoms with Crippen LogP contribution in [0.15, 0.2) is 54.9 Å². The Hall–Kier alpha value is -2.75. The SMILES string of the molecule is COC(=O)c1ccc(/C=C/C(=O)c2cccnc2)cc1. The van der Waals surface area contributed by atoms with E-state index in [1.807, 2.05) is 0 Å². The number of aromatic nitrogens is 1. The quantitative estimate of drug-likeness (QED) is 0.485. The molecule has 0 unspecified atom stereocenters. The molecule has 1 heterocycles. The third-order valence-corrected chi connectivity index (χ3v) is 2.70. The highest BCUT2D eigenvalue weighted by Crippen LogP contribution is 2.08. The molecule has 0 aliphatic heterocycles. The van der Waals surface area contributed by atoms with Gasteiger partial charge in [0.2, 0.25) is 0 Å². The summed E-state index contributed by atoms with van der Waals surface area (Å²) in [6.07, 6.45) is 6.31. The Kier molecular flexibility index (Phi) is 4.39. The van der Waals surface area contributed by atoms with Gasteiger partial charge in [0.1, 0.15) is 0 Å². The maximum Gasteiger partial charge on any atom is 0.337 e. The predicted octanol–water partition coefficient (Wildman–Crippen LogP) is 2.76. The van der Waals surface area contributed by atoms with Crippen molar-refractivity contribution in [3.63, 3.8) is 0 Å². The molecule has 0 saturated heterocycles. The molecule has 0 N–H and O–H groups in total. The summed E-state index contributed by atoms with van der Waals surface area (Å²) in [5.41, 5.74) is 1.84. The maximum atomic E-state index is 11.8. The molecule has 0 aliphatic carbocycles. The van der Waals surface area contributed by atoms with E-state index < -0.39 is 0 Å². The molecule has 0 atom stereocenters. The number of methoxy groups -OCH3 is 1. The lowest BCUT2D eigenvalue weighted by Crippen LogP contribution is -2.00. The number of pyridine rings is 1. The summed E-state index contributed by atoms with van der Waals surface area (Å²) in [4.78, 5) is 27.0. The Morgan fingerprint density at radius 3 is 2.45 bits per heavy atom. The van der Waals surface area contributed by atoms with Gasteiger partial charge < -0.3 is 4.74 Å². The molecule has 2 aromatic rings. The Labute approximate surface area is 116 Å². The number of carbonyl (C=O) groups excluding carboxylic acids is 2. The van der Waals surface area contributed by atoms with E-state index in [4.69, 9.17) is 0 Å². The van der Waals surface area contributed by atoms with E-state index >= 15 is 0 Å². The highest BCUT2D eigenvalue weighted by Gasteiger charge is 2.04. The molecule has 0 saturated carbocycles. The van der Waals surface area contributed by atoms with Gasteiger partial charge in [-0.15, -0.1) is 0 Å². The first kappa shape index (κ1) is 13.7. The number of ketones is 1. The Morgan fingerprint density at radius 2 is 1.85 bits per heavy atom. The standard InChI is InChI=1S/C16H13NO3/c1-20-16(19)13-7-4-12(5-8-13)6-9-15(18)14-3-2-10-17-11-14/h2-11H,1H3/b9-6+. The van der Waals surface area contributed by atoms with E-state index in [1.54, 1.807) is 48.7 Å². The number of rotatable bonds is 4. The molecule has 0 spiro atoms. The van der Waals surface area contributed by atoms with Crippen LogP contribution in [-0.2, 0) is 4.74 Å². The van der Waals surface area contributed by atoms with Gasteiger partial charge in [0, 0.05) is 18.0 Å². The van der Waals surface area contributed by atoms with E-state index in [2.05, 4.69) is 9.72 Å². The molecule has 100 valence electrons. The highest BCUT2D eigenvalue weighted by atomic mass is 16.5. The number of ether oxygens (including phenoxy) is 1. The lowest BCUT2D eigenvalue weighted by molar-refractivity contribution is 0.0600. The number of hydrogen-bond donors (Lipinski definition) is 0. The van der Waals surface area contributed by atoms with Gasteiger partial charge in [-0.3, -0.25) is 9.78 Å². The monoisotopic (exact) mass is 267 g/mol. The van der Waals surface area contributed by atoms with Crippen molar-refractivity contribution in [2.45, 2.75) is 0 Å². The first-order chi connectivity index (χ1) is 9.70. The minimum atomic E-state index is -0.382. The molecule has 1 aromatic carbocycles. The molecule has 2 rings (SSSR count). The third-order valence-electron chi connectivity index (χ3n) is 2.70. The summed E-state index contributed by atoms with van der Waals surface area (Å²) in [6, 6.07) is 10.2. The van der Waals surface area contributed by atoms with Crippen LogP contribution in [0.1, 0.15) is 26.3 Å². The Balaban J connectivity index is 2.08. The number of nitrogens with zero attached hydrogens (tertiary/aromatic N) is 1. The van der Waals surface area contributed by atoms with E-state index in [9.17, 15) is 9.59 Å². The molecule has 4 heteroatoms. The zero-order valence-corrected chi connectivity index (χ0v) is 10.9. The molecule has 0 radical (unpaired) electrons. The Morgan fingerprint density at radius 1 is 1.10 bits per heavy atom. The van der Waals surface area contributed by atoms with Gasteiger partial charge in [0.15, 0.2) is 5.78 Å². The maximum absolute atomic E-state index is 11.8. The van der Waals surface area contributed by atoms with Crippen molar-refractivity contribution in [3.8, 4) is 0 Å². The lowest BCUT2D eigenvalue weighted by atomic mass is 10.1. The van der Waals surface area contributed by atoms with Crippen LogP contribution in [0.25, 0.3) is 6.08 Å². The number of esters is 1. The zero-order valence-electron chi connectivity index (χ0n) is 10.9. The van der Waals surface area contributed by atoms with E-state index in [-0.39, 0.29) is 11.8 Å². The minimum absolute atomic E-state index is 0.116. The first-order valence-electron chi connectivity index (χ1n) is 6.01. The van der Waals surface area contributed by atoms with Crippen molar-refractivity contribution in [3.05, 3.63) is 71.6 Å². The van der Waals surface area contributed by atoms with Crippen molar-refractivity contribution < 1.29 is 14.3 Å². The number of benzene rings is 1. The summed E-state index contributed by atoms with van der Waals surface area (Å²) < 4.78 is 4.61. The zero-order chi connectivity index (χ0) is 14.4. The van der Waals surface area contributed by atoms with E-state index in [0.29, 0.717) is 11.1 Å². The Bertz CT molecular complexity index is 631. The van der Waals surface area contributed by atoms with Gasteiger partial charge in [-0.2, -0.15) is 0 Å². The van der Waals surface area contributed by atoms with E-state index in [1.165, 1.54) is 19.4 Å². The highest BCUT2D eigenvalue weighted by molar-refractivity contribution is 6.06. The van der Waals surface area contributed by atoms with Crippen LogP contribution in [0.4, 0.5) is 0 Å². The summed E-state index contributed by atoms with van der Waals surface area (Å²) >= 11 is 0. The number of carbonyl (C=O) groups is 2. The van der Waals surface area contributed by atoms with Crippen molar-refractivity contribution in [1.29, 1.82) is 0 Å². The van der Waals surface area contributed by atoms with Crippen molar-refractivity contribution >= 4 is 17.8 Å². The summed E-state index contributed by atoms with van der Waals surface area (Å²) in [5.74, 6) is -0.498. The summed E-state index contributed by atoms with van der Waals surface area (Å²) in [7, 11) is 1.34. The molecule has 0 fully saturated rings. The van der Waals surface area contributed by atoms with Crippen LogP contribution in [0.5, 0.6) is 0 Å². The van der Waals surface area contributed by atoms with Crippen LogP contribution >= 0.6 is 0 Å².